The number of fused-ring (bicyclic) bond motifs is 4. The third-order valence-corrected chi connectivity index (χ3v) is 6.83. The van der Waals surface area contributed by atoms with Crippen LogP contribution in [0.4, 0.5) is 5.69 Å². The number of aromatic nitrogens is 1. The van der Waals surface area contributed by atoms with Crippen LogP contribution in [0.15, 0.2) is 91.0 Å². The lowest BCUT2D eigenvalue weighted by atomic mass is 9.83. The molecule has 1 amide bonds. The molecule has 0 unspecified atom stereocenters. The van der Waals surface area contributed by atoms with Crippen molar-refractivity contribution in [2.45, 2.75) is 0 Å². The van der Waals surface area contributed by atoms with Gasteiger partial charge in [-0.2, -0.15) is 0 Å². The molecule has 0 bridgehead atoms. The molecule has 182 valence electrons. The molecule has 1 aromatic heterocycles. The third-order valence-electron chi connectivity index (χ3n) is 6.83. The largest absolute Gasteiger partial charge is 0.454 e. The number of para-hydroxylation sites is 1. The van der Waals surface area contributed by atoms with Crippen molar-refractivity contribution in [3.05, 3.63) is 119 Å². The quantitative estimate of drug-likeness (QED) is 0.338. The number of anilines is 1. The van der Waals surface area contributed by atoms with Crippen LogP contribution in [0.2, 0.25) is 0 Å². The van der Waals surface area contributed by atoms with Crippen LogP contribution in [0.5, 0.6) is 11.5 Å². The van der Waals surface area contributed by atoms with Gasteiger partial charge in [-0.1, -0.05) is 54.6 Å². The predicted molar refractivity (Wildman–Crippen MR) is 141 cm³/mol. The normalized spacial score (nSPS) is 13.3. The summed E-state index contributed by atoms with van der Waals surface area (Å²) >= 11 is 0. The molecule has 0 saturated carbocycles. The lowest BCUT2D eigenvalue weighted by Crippen LogP contribution is -2.24. The Balaban J connectivity index is 1.32. The fourth-order valence-electron chi connectivity index (χ4n) is 5.01. The number of ether oxygens (including phenoxy) is 2. The van der Waals surface area contributed by atoms with Crippen LogP contribution in [-0.4, -0.2) is 29.3 Å². The molecule has 7 nitrogen and oxygen atoms in total. The van der Waals surface area contributed by atoms with Gasteiger partial charge >= 0.3 is 0 Å². The van der Waals surface area contributed by atoms with Gasteiger partial charge < -0.3 is 14.8 Å². The van der Waals surface area contributed by atoms with Gasteiger partial charge in [0, 0.05) is 27.6 Å². The highest BCUT2D eigenvalue weighted by atomic mass is 16.7. The highest BCUT2D eigenvalue weighted by Crippen LogP contribution is 2.37. The Bertz CT molecular complexity index is 1840. The average Bonchev–Trinajstić information content (AvgIpc) is 3.43. The molecule has 1 N–H and O–H groups in total. The maximum atomic E-state index is 13.7. The van der Waals surface area contributed by atoms with Crippen LogP contribution in [-0.2, 0) is 0 Å². The summed E-state index contributed by atoms with van der Waals surface area (Å²) in [7, 11) is 0. The van der Waals surface area contributed by atoms with Crippen molar-refractivity contribution in [2.24, 2.45) is 0 Å². The Morgan fingerprint density at radius 1 is 0.737 bits per heavy atom. The number of amides is 1. The van der Waals surface area contributed by atoms with Crippen LogP contribution >= 0.6 is 0 Å². The van der Waals surface area contributed by atoms with Crippen molar-refractivity contribution >= 4 is 34.1 Å². The van der Waals surface area contributed by atoms with Gasteiger partial charge in [-0.25, -0.2) is 4.98 Å². The molecule has 5 aromatic rings. The summed E-state index contributed by atoms with van der Waals surface area (Å²) in [6, 6.07) is 26.2. The molecule has 1 aliphatic heterocycles. The Hall–Kier alpha value is -5.30. The number of carbonyl (C=O) groups is 3. The molecule has 2 aliphatic rings. The zero-order chi connectivity index (χ0) is 25.8. The number of nitrogens with zero attached hydrogens (tertiary/aromatic N) is 1. The van der Waals surface area contributed by atoms with Crippen LogP contribution in [0.25, 0.3) is 22.2 Å². The van der Waals surface area contributed by atoms with E-state index in [2.05, 4.69) is 5.32 Å². The van der Waals surface area contributed by atoms with Crippen molar-refractivity contribution in [1.82, 2.24) is 4.98 Å². The van der Waals surface area contributed by atoms with Gasteiger partial charge in [0.05, 0.1) is 28.0 Å². The van der Waals surface area contributed by atoms with Crippen molar-refractivity contribution in [1.29, 1.82) is 0 Å². The summed E-state index contributed by atoms with van der Waals surface area (Å²) in [4.78, 5) is 45.0. The second-order valence-electron chi connectivity index (χ2n) is 9.03. The summed E-state index contributed by atoms with van der Waals surface area (Å²) in [6.07, 6.45) is 0. The highest BCUT2D eigenvalue weighted by Gasteiger charge is 2.32. The Labute approximate surface area is 216 Å². The maximum Gasteiger partial charge on any atom is 0.256 e. The van der Waals surface area contributed by atoms with E-state index in [0.717, 1.165) is 5.56 Å². The van der Waals surface area contributed by atoms with Crippen LogP contribution < -0.4 is 14.8 Å². The minimum atomic E-state index is -0.418. The highest BCUT2D eigenvalue weighted by molar-refractivity contribution is 6.31. The predicted octanol–water partition coefficient (Wildman–Crippen LogP) is 5.66. The molecule has 0 atom stereocenters. The van der Waals surface area contributed by atoms with E-state index in [0.29, 0.717) is 44.8 Å². The van der Waals surface area contributed by atoms with E-state index in [9.17, 15) is 14.4 Å². The molecule has 38 heavy (non-hydrogen) atoms. The Morgan fingerprint density at radius 2 is 1.47 bits per heavy atom. The standard InChI is InChI=1S/C31H18N2O5/c34-29-19-7-1-2-8-20(19)30(35)28-21(29)9-5-11-24(28)33-31(36)22-15-25(32-23-10-4-3-6-18(22)23)17-12-13-26-27(14-17)38-16-37-26/h1-15H,16H2,(H,33,36). The molecule has 7 rings (SSSR count). The van der Waals surface area contributed by atoms with Crippen molar-refractivity contribution in [3.8, 4) is 22.8 Å². The van der Waals surface area contributed by atoms with Crippen LogP contribution in [0, 0.1) is 0 Å². The maximum absolute atomic E-state index is 13.7. The molecular weight excluding hydrogens is 480 g/mol. The molecule has 0 fully saturated rings. The van der Waals surface area contributed by atoms with Gasteiger partial charge in [0.2, 0.25) is 6.79 Å². The number of benzene rings is 4. The topological polar surface area (TPSA) is 94.6 Å². The number of pyridine rings is 1. The van der Waals surface area contributed by atoms with E-state index in [1.165, 1.54) is 0 Å². The summed E-state index contributed by atoms with van der Waals surface area (Å²) in [6.45, 7) is 0.157. The minimum Gasteiger partial charge on any atom is -0.454 e. The number of nitrogens with one attached hydrogen (secondary N) is 1. The molecule has 0 radical (unpaired) electrons. The lowest BCUT2D eigenvalue weighted by molar-refractivity contribution is 0.0978. The van der Waals surface area contributed by atoms with Crippen LogP contribution in [0.3, 0.4) is 0 Å². The molecule has 7 heteroatoms. The van der Waals surface area contributed by atoms with E-state index in [1.54, 1.807) is 48.5 Å². The number of ketones is 2. The summed E-state index contributed by atoms with van der Waals surface area (Å²) in [5.41, 5.74) is 3.81. The Morgan fingerprint density at radius 3 is 2.34 bits per heavy atom. The molecule has 0 spiro atoms. The van der Waals surface area contributed by atoms with Crippen LogP contribution in [0.1, 0.15) is 42.2 Å². The minimum absolute atomic E-state index is 0.157. The first-order chi connectivity index (χ1) is 18.6. The average molecular weight is 498 g/mol. The molecule has 0 saturated heterocycles. The Kier molecular flexibility index (Phi) is 4.84. The smallest absolute Gasteiger partial charge is 0.256 e. The molecule has 1 aliphatic carbocycles. The van der Waals surface area contributed by atoms with E-state index in [1.807, 2.05) is 42.5 Å². The summed E-state index contributed by atoms with van der Waals surface area (Å²) < 4.78 is 10.9. The van der Waals surface area contributed by atoms with Gasteiger partial charge in [0.25, 0.3) is 5.91 Å². The third kappa shape index (κ3) is 3.37. The van der Waals surface area contributed by atoms with E-state index in [-0.39, 0.29) is 35.2 Å². The van der Waals surface area contributed by atoms with Gasteiger partial charge in [0.15, 0.2) is 23.1 Å². The number of hydrogen-bond acceptors (Lipinski definition) is 6. The number of hydrogen-bond donors (Lipinski definition) is 1. The fourth-order valence-corrected chi connectivity index (χ4v) is 5.01. The fraction of sp³-hybridized carbons (Fsp3) is 0.0323. The zero-order valence-corrected chi connectivity index (χ0v) is 19.9. The zero-order valence-electron chi connectivity index (χ0n) is 19.9. The van der Waals surface area contributed by atoms with E-state index >= 15 is 0 Å². The van der Waals surface area contributed by atoms with Crippen molar-refractivity contribution < 1.29 is 23.9 Å². The second kappa shape index (κ2) is 8.38. The first-order valence-corrected chi connectivity index (χ1v) is 12.0. The first kappa shape index (κ1) is 21.9. The summed E-state index contributed by atoms with van der Waals surface area (Å²) in [5.74, 6) is 0.306. The molecule has 2 heterocycles. The van der Waals surface area contributed by atoms with E-state index in [4.69, 9.17) is 14.5 Å². The van der Waals surface area contributed by atoms with Gasteiger partial charge in [-0.05, 0) is 36.4 Å². The van der Waals surface area contributed by atoms with Gasteiger partial charge in [-0.3, -0.25) is 14.4 Å². The van der Waals surface area contributed by atoms with Gasteiger partial charge in [-0.15, -0.1) is 0 Å². The SMILES string of the molecule is O=C1c2ccccc2C(=O)c2c(NC(=O)c3cc(-c4ccc5c(c4)OCO5)nc4ccccc34)cccc21. The monoisotopic (exact) mass is 498 g/mol. The number of rotatable bonds is 3. The first-order valence-electron chi connectivity index (χ1n) is 12.0. The lowest BCUT2D eigenvalue weighted by Gasteiger charge is -2.20. The molecular formula is C31H18N2O5. The number of carbonyl (C=O) groups excluding carboxylic acids is 3. The molecule has 4 aromatic carbocycles. The van der Waals surface area contributed by atoms with Crippen molar-refractivity contribution in [2.75, 3.05) is 12.1 Å². The van der Waals surface area contributed by atoms with E-state index < -0.39 is 5.91 Å². The second-order valence-corrected chi connectivity index (χ2v) is 9.03. The van der Waals surface area contributed by atoms with Gasteiger partial charge in [0.1, 0.15) is 0 Å². The van der Waals surface area contributed by atoms with Crippen molar-refractivity contribution in [3.63, 3.8) is 0 Å². The summed E-state index contributed by atoms with van der Waals surface area (Å²) in [5, 5.41) is 3.56.